The second kappa shape index (κ2) is 4.69. The van der Waals surface area contributed by atoms with Gasteiger partial charge in [0.2, 0.25) is 0 Å². The van der Waals surface area contributed by atoms with E-state index in [-0.39, 0.29) is 0 Å². The molecule has 0 aliphatic carbocycles. The van der Waals surface area contributed by atoms with E-state index in [2.05, 4.69) is 42.5 Å². The van der Waals surface area contributed by atoms with E-state index in [0.29, 0.717) is 17.3 Å². The average Bonchev–Trinajstić information content (AvgIpc) is 2.33. The molecule has 0 saturated heterocycles. The summed E-state index contributed by atoms with van der Waals surface area (Å²) in [5.41, 5.74) is 7.47. The first-order chi connectivity index (χ1) is 7.72. The molecule has 82 valence electrons. The van der Waals surface area contributed by atoms with Gasteiger partial charge in [0.15, 0.2) is 5.82 Å². The van der Waals surface area contributed by atoms with Crippen LogP contribution in [0.2, 0.25) is 0 Å². The van der Waals surface area contributed by atoms with Gasteiger partial charge in [-0.2, -0.15) is 0 Å². The lowest BCUT2D eigenvalue weighted by atomic mass is 10.3. The lowest BCUT2D eigenvalue weighted by Crippen LogP contribution is -2.04. The minimum absolute atomic E-state index is 0.501. The van der Waals surface area contributed by atoms with Crippen LogP contribution in [0.15, 0.2) is 18.6 Å². The second-order valence-electron chi connectivity index (χ2n) is 3.14. The summed E-state index contributed by atoms with van der Waals surface area (Å²) in [7, 11) is 0. The molecule has 2 heterocycles. The van der Waals surface area contributed by atoms with E-state index in [4.69, 9.17) is 5.73 Å². The third-order valence-corrected chi connectivity index (χ3v) is 3.27. The van der Waals surface area contributed by atoms with Crippen molar-refractivity contribution in [2.24, 2.45) is 0 Å². The predicted molar refractivity (Wildman–Crippen MR) is 69.6 cm³/mol. The molecule has 0 fully saturated rings. The normalized spacial score (nSPS) is 10.4. The highest BCUT2D eigenvalue weighted by Crippen LogP contribution is 2.20. The summed E-state index contributed by atoms with van der Waals surface area (Å²) in [5, 5.41) is 0. The first-order valence-corrected chi connectivity index (χ1v) is 5.88. The van der Waals surface area contributed by atoms with Gasteiger partial charge in [0.25, 0.3) is 0 Å². The summed E-state index contributed by atoms with van der Waals surface area (Å²) in [6.07, 6.45) is 3.95. The van der Waals surface area contributed by atoms with Crippen LogP contribution in [0.25, 0.3) is 11.5 Å². The van der Waals surface area contributed by atoms with Crippen molar-refractivity contribution in [1.29, 1.82) is 0 Å². The second-order valence-corrected chi connectivity index (χ2v) is 4.22. The molecule has 0 saturated carbocycles. The van der Waals surface area contributed by atoms with E-state index in [1.54, 1.807) is 12.3 Å². The Bertz CT molecular complexity index is 500. The monoisotopic (exact) mass is 327 g/mol. The van der Waals surface area contributed by atoms with Gasteiger partial charge in [-0.25, -0.2) is 19.9 Å². The standard InChI is InChI=1S/C10H10IN5/c1-2-6-8(11)9(12)16-10(15-6)7-3-4-13-5-14-7/h3-5H,2H2,1H3,(H2,12,15,16). The van der Waals surface area contributed by atoms with Gasteiger partial charge in [-0.1, -0.05) is 6.92 Å². The Kier molecular flexibility index (Phi) is 3.28. The lowest BCUT2D eigenvalue weighted by Gasteiger charge is -2.06. The Morgan fingerprint density at radius 1 is 1.38 bits per heavy atom. The van der Waals surface area contributed by atoms with Gasteiger partial charge in [0.05, 0.1) is 9.26 Å². The van der Waals surface area contributed by atoms with Crippen LogP contribution in [0, 0.1) is 3.57 Å². The third-order valence-electron chi connectivity index (χ3n) is 2.09. The van der Waals surface area contributed by atoms with Crippen LogP contribution >= 0.6 is 22.6 Å². The number of nitrogens with two attached hydrogens (primary N) is 1. The van der Waals surface area contributed by atoms with Crippen molar-refractivity contribution < 1.29 is 0 Å². The van der Waals surface area contributed by atoms with E-state index in [1.165, 1.54) is 6.33 Å². The van der Waals surface area contributed by atoms with Gasteiger partial charge in [-0.15, -0.1) is 0 Å². The maximum Gasteiger partial charge on any atom is 0.180 e. The fraction of sp³-hybridized carbons (Fsp3) is 0.200. The summed E-state index contributed by atoms with van der Waals surface area (Å²) in [4.78, 5) is 16.6. The number of hydrogen-bond donors (Lipinski definition) is 1. The number of hydrogen-bond acceptors (Lipinski definition) is 5. The minimum Gasteiger partial charge on any atom is -0.383 e. The predicted octanol–water partition coefficient (Wildman–Crippen LogP) is 1.68. The first-order valence-electron chi connectivity index (χ1n) is 4.80. The average molecular weight is 327 g/mol. The molecule has 2 aromatic heterocycles. The van der Waals surface area contributed by atoms with E-state index >= 15 is 0 Å². The molecule has 0 radical (unpaired) electrons. The van der Waals surface area contributed by atoms with E-state index < -0.39 is 0 Å². The molecular formula is C10H10IN5. The molecule has 0 bridgehead atoms. The molecular weight excluding hydrogens is 317 g/mol. The molecule has 16 heavy (non-hydrogen) atoms. The molecule has 2 N–H and O–H groups in total. The first kappa shape index (κ1) is 11.2. The maximum absolute atomic E-state index is 5.83. The Hall–Kier alpha value is -1.31. The van der Waals surface area contributed by atoms with Crippen molar-refractivity contribution >= 4 is 28.4 Å². The van der Waals surface area contributed by atoms with Crippen LogP contribution in [0.5, 0.6) is 0 Å². The van der Waals surface area contributed by atoms with Crippen molar-refractivity contribution in [3.63, 3.8) is 0 Å². The number of aromatic nitrogens is 4. The minimum atomic E-state index is 0.501. The topological polar surface area (TPSA) is 77.6 Å². The van der Waals surface area contributed by atoms with E-state index in [1.807, 2.05) is 6.92 Å². The molecule has 2 aromatic rings. The fourth-order valence-corrected chi connectivity index (χ4v) is 1.91. The molecule has 6 heteroatoms. The van der Waals surface area contributed by atoms with Crippen LogP contribution in [0.3, 0.4) is 0 Å². The number of halogens is 1. The van der Waals surface area contributed by atoms with Crippen LogP contribution in [-0.4, -0.2) is 19.9 Å². The number of aryl methyl sites for hydroxylation is 1. The van der Waals surface area contributed by atoms with Crippen LogP contribution in [0.4, 0.5) is 5.82 Å². The van der Waals surface area contributed by atoms with E-state index in [0.717, 1.165) is 15.7 Å². The van der Waals surface area contributed by atoms with Crippen molar-refractivity contribution in [2.45, 2.75) is 13.3 Å². The number of nitrogen functional groups attached to an aromatic ring is 1. The zero-order chi connectivity index (χ0) is 11.5. The summed E-state index contributed by atoms with van der Waals surface area (Å²) < 4.78 is 0.915. The van der Waals surface area contributed by atoms with Crippen molar-refractivity contribution in [2.75, 3.05) is 5.73 Å². The van der Waals surface area contributed by atoms with Crippen LogP contribution in [-0.2, 0) is 6.42 Å². The van der Waals surface area contributed by atoms with Gasteiger partial charge in [0, 0.05) is 6.20 Å². The zero-order valence-corrected chi connectivity index (χ0v) is 10.8. The molecule has 0 amide bonds. The molecule has 5 nitrogen and oxygen atoms in total. The van der Waals surface area contributed by atoms with Gasteiger partial charge in [-0.05, 0) is 35.1 Å². The summed E-state index contributed by atoms with van der Waals surface area (Å²) in [6, 6.07) is 1.76. The summed E-state index contributed by atoms with van der Waals surface area (Å²) >= 11 is 2.16. The summed E-state index contributed by atoms with van der Waals surface area (Å²) in [5.74, 6) is 1.05. The Labute approximate surface area is 107 Å². The fourth-order valence-electron chi connectivity index (χ4n) is 1.28. The largest absolute Gasteiger partial charge is 0.383 e. The Morgan fingerprint density at radius 2 is 2.19 bits per heavy atom. The van der Waals surface area contributed by atoms with E-state index in [9.17, 15) is 0 Å². The van der Waals surface area contributed by atoms with Gasteiger partial charge in [0.1, 0.15) is 17.8 Å². The molecule has 0 aliphatic rings. The molecule has 0 spiro atoms. The molecule has 0 aliphatic heterocycles. The Morgan fingerprint density at radius 3 is 2.81 bits per heavy atom. The lowest BCUT2D eigenvalue weighted by molar-refractivity contribution is 0.984. The van der Waals surface area contributed by atoms with Gasteiger partial charge in [-0.3, -0.25) is 0 Å². The van der Waals surface area contributed by atoms with Crippen molar-refractivity contribution in [1.82, 2.24) is 19.9 Å². The van der Waals surface area contributed by atoms with Crippen LogP contribution < -0.4 is 5.73 Å². The highest BCUT2D eigenvalue weighted by molar-refractivity contribution is 14.1. The van der Waals surface area contributed by atoms with Crippen LogP contribution in [0.1, 0.15) is 12.6 Å². The van der Waals surface area contributed by atoms with Gasteiger partial charge < -0.3 is 5.73 Å². The maximum atomic E-state index is 5.83. The highest BCUT2D eigenvalue weighted by Gasteiger charge is 2.10. The van der Waals surface area contributed by atoms with Gasteiger partial charge >= 0.3 is 0 Å². The third kappa shape index (κ3) is 2.11. The smallest absolute Gasteiger partial charge is 0.180 e. The summed E-state index contributed by atoms with van der Waals surface area (Å²) in [6.45, 7) is 2.04. The van der Waals surface area contributed by atoms with Crippen molar-refractivity contribution in [3.8, 4) is 11.5 Å². The molecule has 0 aromatic carbocycles. The molecule has 2 rings (SSSR count). The van der Waals surface area contributed by atoms with Crippen molar-refractivity contribution in [3.05, 3.63) is 27.9 Å². The zero-order valence-electron chi connectivity index (χ0n) is 8.68. The number of anilines is 1. The highest BCUT2D eigenvalue weighted by atomic mass is 127. The SMILES string of the molecule is CCc1nc(-c2ccncn2)nc(N)c1I. The Balaban J connectivity index is 2.55. The number of nitrogens with zero attached hydrogens (tertiary/aromatic N) is 4. The molecule has 0 atom stereocenters. The quantitative estimate of drug-likeness (QED) is 0.849. The molecule has 0 unspecified atom stereocenters. The number of rotatable bonds is 2.